The zero-order valence-electron chi connectivity index (χ0n) is 15.4. The van der Waals surface area contributed by atoms with Gasteiger partial charge >= 0.3 is 0 Å². The Morgan fingerprint density at radius 3 is 2.74 bits per heavy atom. The summed E-state index contributed by atoms with van der Waals surface area (Å²) < 4.78 is 0.720. The van der Waals surface area contributed by atoms with Gasteiger partial charge in [0.15, 0.2) is 0 Å². The molecule has 0 fully saturated rings. The first-order chi connectivity index (χ1) is 12.8. The van der Waals surface area contributed by atoms with Crippen molar-refractivity contribution < 1.29 is 9.59 Å². The van der Waals surface area contributed by atoms with Crippen LogP contribution in [0.4, 0.5) is 11.4 Å². The number of carbonyl (C=O) groups excluding carboxylic acids is 2. The van der Waals surface area contributed by atoms with Crippen LogP contribution in [0.1, 0.15) is 18.7 Å². The Morgan fingerprint density at radius 2 is 2.07 bits per heavy atom. The van der Waals surface area contributed by atoms with E-state index in [1.165, 1.54) is 11.3 Å². The van der Waals surface area contributed by atoms with Crippen molar-refractivity contribution in [1.82, 2.24) is 4.90 Å². The molecule has 0 bridgehead atoms. The highest BCUT2D eigenvalue weighted by molar-refractivity contribution is 7.16. The summed E-state index contributed by atoms with van der Waals surface area (Å²) in [7, 11) is 0. The molecule has 0 saturated carbocycles. The van der Waals surface area contributed by atoms with Crippen LogP contribution in [0, 0.1) is 0 Å². The highest BCUT2D eigenvalue weighted by atomic mass is 35.5. The molecular weight excluding hydrogens is 382 g/mol. The molecule has 0 atom stereocenters. The topological polar surface area (TPSA) is 52.7 Å². The summed E-state index contributed by atoms with van der Waals surface area (Å²) in [5.41, 5.74) is 0.387. The molecule has 0 spiro atoms. The molecule has 27 heavy (non-hydrogen) atoms. The molecule has 1 aliphatic heterocycles. The number of anilines is 2. The molecular formula is C20H22ClN3O2S. The van der Waals surface area contributed by atoms with Gasteiger partial charge in [0.1, 0.15) is 5.54 Å². The van der Waals surface area contributed by atoms with Crippen molar-refractivity contribution in [3.8, 4) is 0 Å². The van der Waals surface area contributed by atoms with E-state index in [9.17, 15) is 9.59 Å². The van der Waals surface area contributed by atoms with Gasteiger partial charge in [-0.3, -0.25) is 19.4 Å². The van der Waals surface area contributed by atoms with Gasteiger partial charge < -0.3 is 5.32 Å². The van der Waals surface area contributed by atoms with Gasteiger partial charge in [-0.15, -0.1) is 17.9 Å². The van der Waals surface area contributed by atoms with E-state index in [0.717, 1.165) is 9.21 Å². The first-order valence-corrected chi connectivity index (χ1v) is 9.83. The zero-order valence-corrected chi connectivity index (χ0v) is 16.9. The van der Waals surface area contributed by atoms with E-state index in [2.05, 4.69) is 11.9 Å². The fraction of sp³-hybridized carbons (Fsp3) is 0.300. The number of benzene rings is 1. The van der Waals surface area contributed by atoms with Gasteiger partial charge in [-0.05, 0) is 38.1 Å². The summed E-state index contributed by atoms with van der Waals surface area (Å²) >= 11 is 7.51. The maximum atomic E-state index is 13.2. The van der Waals surface area contributed by atoms with E-state index in [1.54, 1.807) is 30.9 Å². The minimum atomic E-state index is -0.975. The number of hydrogen-bond donors (Lipinski definition) is 1. The fourth-order valence-corrected chi connectivity index (χ4v) is 4.32. The third kappa shape index (κ3) is 4.08. The molecule has 142 valence electrons. The molecule has 1 aromatic heterocycles. The normalized spacial score (nSPS) is 15.4. The van der Waals surface area contributed by atoms with E-state index in [4.69, 9.17) is 11.6 Å². The van der Waals surface area contributed by atoms with Crippen molar-refractivity contribution in [3.63, 3.8) is 0 Å². The number of fused-ring (bicyclic) bond motifs is 1. The van der Waals surface area contributed by atoms with Gasteiger partial charge in [0.2, 0.25) is 11.8 Å². The van der Waals surface area contributed by atoms with Gasteiger partial charge in [-0.2, -0.15) is 0 Å². The van der Waals surface area contributed by atoms with Gasteiger partial charge in [-0.25, -0.2) is 0 Å². The minimum Gasteiger partial charge on any atom is -0.322 e. The quantitative estimate of drug-likeness (QED) is 0.737. The summed E-state index contributed by atoms with van der Waals surface area (Å²) in [5.74, 6) is -0.332. The summed E-state index contributed by atoms with van der Waals surface area (Å²) in [4.78, 5) is 30.5. The molecule has 1 N–H and O–H groups in total. The van der Waals surface area contributed by atoms with Crippen LogP contribution in [0.15, 0.2) is 49.1 Å². The number of nitrogens with zero attached hydrogens (tertiary/aromatic N) is 2. The first-order valence-electron chi connectivity index (χ1n) is 8.64. The lowest BCUT2D eigenvalue weighted by molar-refractivity contribution is -0.127. The lowest BCUT2D eigenvalue weighted by Crippen LogP contribution is -2.60. The summed E-state index contributed by atoms with van der Waals surface area (Å²) in [6.45, 7) is 8.63. The van der Waals surface area contributed by atoms with E-state index < -0.39 is 5.54 Å². The zero-order chi connectivity index (χ0) is 19.6. The lowest BCUT2D eigenvalue weighted by Gasteiger charge is -2.42. The maximum Gasteiger partial charge on any atom is 0.250 e. The van der Waals surface area contributed by atoms with Crippen molar-refractivity contribution in [2.24, 2.45) is 0 Å². The molecule has 3 rings (SSSR count). The summed E-state index contributed by atoms with van der Waals surface area (Å²) in [5, 5.41) is 2.88. The largest absolute Gasteiger partial charge is 0.322 e. The van der Waals surface area contributed by atoms with E-state index in [-0.39, 0.29) is 18.4 Å². The number of rotatable bonds is 6. The number of para-hydroxylation sites is 2. The van der Waals surface area contributed by atoms with Crippen molar-refractivity contribution in [3.05, 3.63) is 58.3 Å². The van der Waals surface area contributed by atoms with E-state index in [1.807, 2.05) is 35.2 Å². The Hall–Kier alpha value is -2.15. The molecule has 0 unspecified atom stereocenters. The van der Waals surface area contributed by atoms with Crippen LogP contribution < -0.4 is 10.2 Å². The minimum absolute atomic E-state index is 0.133. The summed E-state index contributed by atoms with van der Waals surface area (Å²) in [6, 6.07) is 11.2. The molecule has 2 amide bonds. The monoisotopic (exact) mass is 403 g/mol. The van der Waals surface area contributed by atoms with E-state index >= 15 is 0 Å². The van der Waals surface area contributed by atoms with Crippen LogP contribution >= 0.6 is 22.9 Å². The average molecular weight is 404 g/mol. The number of thiophene rings is 1. The number of carbonyl (C=O) groups is 2. The van der Waals surface area contributed by atoms with Crippen molar-refractivity contribution >= 4 is 46.1 Å². The average Bonchev–Trinajstić information content (AvgIpc) is 3.00. The molecule has 2 aromatic rings. The van der Waals surface area contributed by atoms with Crippen LogP contribution in [-0.4, -0.2) is 35.3 Å². The van der Waals surface area contributed by atoms with Crippen molar-refractivity contribution in [1.29, 1.82) is 0 Å². The van der Waals surface area contributed by atoms with Gasteiger partial charge in [0.25, 0.3) is 0 Å². The van der Waals surface area contributed by atoms with Gasteiger partial charge in [0, 0.05) is 18.0 Å². The van der Waals surface area contributed by atoms with Gasteiger partial charge in [0.05, 0.1) is 22.3 Å². The highest BCUT2D eigenvalue weighted by Crippen LogP contribution is 2.36. The fourth-order valence-electron chi connectivity index (χ4n) is 3.19. The standard InChI is InChI=1S/C20H22ClN3O2S/c1-4-11-23(12-14-9-10-17(21)27-14)13-18(25)24-16-8-6-5-7-15(16)22-19(26)20(24,2)3/h4-10H,1,11-13H2,2-3H3,(H,22,26). The van der Waals surface area contributed by atoms with Crippen LogP contribution in [0.5, 0.6) is 0 Å². The number of nitrogens with one attached hydrogen (secondary N) is 1. The molecule has 0 aliphatic carbocycles. The molecule has 0 radical (unpaired) electrons. The molecule has 2 heterocycles. The van der Waals surface area contributed by atoms with Crippen molar-refractivity contribution in [2.45, 2.75) is 25.9 Å². The molecule has 7 heteroatoms. The number of hydrogen-bond acceptors (Lipinski definition) is 4. The Bertz CT molecular complexity index is 878. The predicted molar refractivity (Wildman–Crippen MR) is 111 cm³/mol. The number of amides is 2. The lowest BCUT2D eigenvalue weighted by atomic mass is 9.96. The second kappa shape index (κ2) is 7.84. The van der Waals surface area contributed by atoms with E-state index in [0.29, 0.717) is 24.5 Å². The van der Waals surface area contributed by atoms with Gasteiger partial charge in [-0.1, -0.05) is 29.8 Å². The van der Waals surface area contributed by atoms with Crippen LogP contribution in [0.3, 0.4) is 0 Å². The Morgan fingerprint density at radius 1 is 1.33 bits per heavy atom. The second-order valence-electron chi connectivity index (χ2n) is 6.92. The molecule has 1 aromatic carbocycles. The SMILES string of the molecule is C=CCN(CC(=O)N1c2ccccc2NC(=O)C1(C)C)Cc1ccc(Cl)s1. The Balaban J connectivity index is 1.85. The third-order valence-corrected chi connectivity index (χ3v) is 5.73. The molecule has 0 saturated heterocycles. The maximum absolute atomic E-state index is 13.2. The summed E-state index contributed by atoms with van der Waals surface area (Å²) in [6.07, 6.45) is 1.77. The second-order valence-corrected chi connectivity index (χ2v) is 8.72. The Kier molecular flexibility index (Phi) is 5.69. The van der Waals surface area contributed by atoms with Crippen LogP contribution in [0.25, 0.3) is 0 Å². The smallest absolute Gasteiger partial charge is 0.250 e. The number of halogens is 1. The molecule has 5 nitrogen and oxygen atoms in total. The van der Waals surface area contributed by atoms with Crippen molar-refractivity contribution in [2.75, 3.05) is 23.3 Å². The Labute approximate surface area is 168 Å². The first kappa shape index (κ1) is 19.6. The third-order valence-electron chi connectivity index (χ3n) is 4.51. The predicted octanol–water partition coefficient (Wildman–Crippen LogP) is 4.15. The van der Waals surface area contributed by atoms with Crippen LogP contribution in [0.2, 0.25) is 4.34 Å². The highest BCUT2D eigenvalue weighted by Gasteiger charge is 2.43. The molecule has 1 aliphatic rings. The van der Waals surface area contributed by atoms with Crippen LogP contribution in [-0.2, 0) is 16.1 Å².